The fourth-order valence-electron chi connectivity index (χ4n) is 0.643. The van der Waals surface area contributed by atoms with Gasteiger partial charge in [0.25, 0.3) is 0 Å². The van der Waals surface area contributed by atoms with Crippen molar-refractivity contribution in [2.75, 3.05) is 0 Å². The van der Waals surface area contributed by atoms with Gasteiger partial charge < -0.3 is 20.7 Å². The zero-order valence-electron chi connectivity index (χ0n) is 6.13. The zero-order valence-corrected chi connectivity index (χ0v) is 6.13. The molecule has 0 aliphatic rings. The molecule has 0 atom stereocenters. The van der Waals surface area contributed by atoms with Crippen LogP contribution < -0.4 is 0 Å². The van der Waals surface area contributed by atoms with Gasteiger partial charge in [-0.3, -0.25) is 0 Å². The average molecular weight is 142 g/mol. The normalized spacial score (nSPS) is 13.8. The lowest BCUT2D eigenvalue weighted by Gasteiger charge is -2.09. The van der Waals surface area contributed by atoms with Crippen molar-refractivity contribution in [1.82, 2.24) is 0 Å². The minimum atomic E-state index is 0.262. The highest BCUT2D eigenvalue weighted by molar-refractivity contribution is 6.42. The molecule has 0 saturated carbocycles. The Morgan fingerprint density at radius 1 is 1.00 bits per heavy atom. The van der Waals surface area contributed by atoms with E-state index in [0.717, 1.165) is 0 Å². The number of hydrogen-bond donors (Lipinski definition) is 0. The van der Waals surface area contributed by atoms with E-state index in [1.54, 1.807) is 13.8 Å². The van der Waals surface area contributed by atoms with Crippen molar-refractivity contribution in [3.05, 3.63) is 10.4 Å². The van der Waals surface area contributed by atoms with Crippen LogP contribution in [0.25, 0.3) is 0 Å². The third kappa shape index (κ3) is 2.05. The number of nitrogens with zero attached hydrogens (tertiary/aromatic N) is 2. The van der Waals surface area contributed by atoms with E-state index in [1.165, 1.54) is 0 Å². The summed E-state index contributed by atoms with van der Waals surface area (Å²) in [7, 11) is 0. The second-order valence-electron chi connectivity index (χ2n) is 1.78. The summed E-state index contributed by atoms with van der Waals surface area (Å²) in [6.07, 6.45) is 0.941. The Morgan fingerprint density at radius 2 is 1.30 bits per heavy atom. The van der Waals surface area contributed by atoms with Gasteiger partial charge in [-0.1, -0.05) is 13.8 Å². The molecule has 0 amide bonds. The summed E-state index contributed by atoms with van der Waals surface area (Å²) in [5, 5.41) is 25.3. The van der Waals surface area contributed by atoms with E-state index in [4.69, 9.17) is 0 Å². The molecule has 4 nitrogen and oxygen atoms in total. The summed E-state index contributed by atoms with van der Waals surface area (Å²) in [5.41, 5.74) is 0.523. The minimum absolute atomic E-state index is 0.262. The highest BCUT2D eigenvalue weighted by atomic mass is 16.4. The fourth-order valence-corrected chi connectivity index (χ4v) is 0.643. The van der Waals surface area contributed by atoms with Crippen molar-refractivity contribution in [2.45, 2.75) is 26.7 Å². The van der Waals surface area contributed by atoms with E-state index in [2.05, 4.69) is 10.3 Å². The molecule has 0 unspecified atom stereocenters. The molecule has 0 spiro atoms. The quantitative estimate of drug-likeness (QED) is 0.444. The predicted molar refractivity (Wildman–Crippen MR) is 42.2 cm³/mol. The third-order valence-corrected chi connectivity index (χ3v) is 1.22. The van der Waals surface area contributed by atoms with Gasteiger partial charge in [0.2, 0.25) is 0 Å². The largest absolute Gasteiger partial charge is 0.792 e. The van der Waals surface area contributed by atoms with Gasteiger partial charge in [0, 0.05) is 11.4 Å². The molecule has 58 valence electrons. The van der Waals surface area contributed by atoms with Crippen LogP contribution in [0.15, 0.2) is 10.3 Å². The van der Waals surface area contributed by atoms with Crippen molar-refractivity contribution in [1.29, 1.82) is 0 Å². The first kappa shape index (κ1) is 8.94. The van der Waals surface area contributed by atoms with E-state index in [1.807, 2.05) is 0 Å². The van der Waals surface area contributed by atoms with Crippen LogP contribution in [0.1, 0.15) is 26.7 Å². The van der Waals surface area contributed by atoms with Crippen LogP contribution in [0.2, 0.25) is 0 Å². The average Bonchev–Trinajstić information content (AvgIpc) is 2.00. The molecule has 0 bridgehead atoms. The van der Waals surface area contributed by atoms with Crippen molar-refractivity contribution < 1.29 is 0 Å². The lowest BCUT2D eigenvalue weighted by atomic mass is 10.1. The Hall–Kier alpha value is -1.06. The molecular weight excluding hydrogens is 132 g/mol. The van der Waals surface area contributed by atoms with Gasteiger partial charge in [0.05, 0.1) is 0 Å². The molecule has 0 saturated heterocycles. The van der Waals surface area contributed by atoms with E-state index >= 15 is 0 Å². The minimum Gasteiger partial charge on any atom is -0.792 e. The highest BCUT2D eigenvalue weighted by Gasteiger charge is 1.98. The monoisotopic (exact) mass is 142 g/mol. The molecule has 0 aromatic rings. The Kier molecular flexibility index (Phi) is 4.28. The van der Waals surface area contributed by atoms with E-state index in [9.17, 15) is 10.4 Å². The predicted octanol–water partition coefficient (Wildman–Crippen LogP) is 1.68. The van der Waals surface area contributed by atoms with Crippen LogP contribution in [-0.4, -0.2) is 11.4 Å². The third-order valence-electron chi connectivity index (χ3n) is 1.22. The lowest BCUT2D eigenvalue weighted by molar-refractivity contribution is 1.24. The van der Waals surface area contributed by atoms with Crippen LogP contribution in [0.3, 0.4) is 0 Å². The molecule has 0 aliphatic heterocycles. The molecule has 0 aliphatic carbocycles. The topological polar surface area (TPSA) is 70.8 Å². The molecule has 0 N–H and O–H groups in total. The molecule has 10 heavy (non-hydrogen) atoms. The second-order valence-corrected chi connectivity index (χ2v) is 1.78. The maximum absolute atomic E-state index is 9.99. The molecule has 0 aromatic carbocycles. The summed E-state index contributed by atoms with van der Waals surface area (Å²) in [6, 6.07) is 0. The first-order valence-electron chi connectivity index (χ1n) is 3.18. The Morgan fingerprint density at radius 3 is 1.40 bits per heavy atom. The second kappa shape index (κ2) is 4.78. The summed E-state index contributed by atoms with van der Waals surface area (Å²) in [4.78, 5) is 0. The molecule has 0 fully saturated rings. The summed E-state index contributed by atoms with van der Waals surface area (Å²) < 4.78 is 0. The van der Waals surface area contributed by atoms with E-state index in [0.29, 0.717) is 12.8 Å². The van der Waals surface area contributed by atoms with E-state index in [-0.39, 0.29) is 11.4 Å². The molecule has 0 aromatic heterocycles. The van der Waals surface area contributed by atoms with Crippen molar-refractivity contribution in [3.8, 4) is 0 Å². The Bertz CT molecular complexity index is 134. The van der Waals surface area contributed by atoms with Gasteiger partial charge in [-0.2, -0.15) is 0 Å². The summed E-state index contributed by atoms with van der Waals surface area (Å²) in [6.45, 7) is 3.52. The molecule has 4 heteroatoms. The van der Waals surface area contributed by atoms with E-state index < -0.39 is 0 Å². The summed E-state index contributed by atoms with van der Waals surface area (Å²) >= 11 is 0. The smallest absolute Gasteiger partial charge is 0.0496 e. The van der Waals surface area contributed by atoms with Crippen molar-refractivity contribution in [2.24, 2.45) is 10.3 Å². The Balaban J connectivity index is 4.27. The number of rotatable bonds is 3. The standard InChI is InChI=1S/C6H12N2O2/c1-3-5(7-9)6(4-2)8-10/h9-10H,3-4H2,1-2H3/p-2. The lowest BCUT2D eigenvalue weighted by Crippen LogP contribution is -2.11. The van der Waals surface area contributed by atoms with Gasteiger partial charge in [-0.25, -0.2) is 0 Å². The SMILES string of the molecule is CCC(=N[O-])C(CC)=N[O-]. The fraction of sp³-hybridized carbons (Fsp3) is 0.667. The van der Waals surface area contributed by atoms with Crippen LogP contribution in [0.4, 0.5) is 0 Å². The van der Waals surface area contributed by atoms with Gasteiger partial charge in [0.15, 0.2) is 0 Å². The van der Waals surface area contributed by atoms with Gasteiger partial charge in [-0.15, -0.1) is 0 Å². The first-order valence-corrected chi connectivity index (χ1v) is 3.18. The molecule has 0 radical (unpaired) electrons. The molecule has 0 rings (SSSR count). The highest BCUT2D eigenvalue weighted by Crippen LogP contribution is 1.94. The maximum Gasteiger partial charge on any atom is 0.0496 e. The Labute approximate surface area is 59.9 Å². The van der Waals surface area contributed by atoms with Crippen LogP contribution in [0.5, 0.6) is 0 Å². The zero-order chi connectivity index (χ0) is 7.98. The molecular formula is C6H10N2O2-2. The van der Waals surface area contributed by atoms with Gasteiger partial charge >= 0.3 is 0 Å². The van der Waals surface area contributed by atoms with Crippen molar-refractivity contribution >= 4 is 11.4 Å². The van der Waals surface area contributed by atoms with Crippen LogP contribution in [-0.2, 0) is 0 Å². The van der Waals surface area contributed by atoms with Gasteiger partial charge in [0.1, 0.15) is 0 Å². The van der Waals surface area contributed by atoms with Crippen LogP contribution in [0, 0.1) is 10.4 Å². The molecule has 0 heterocycles. The maximum atomic E-state index is 9.99. The van der Waals surface area contributed by atoms with Crippen LogP contribution >= 0.6 is 0 Å². The van der Waals surface area contributed by atoms with Crippen molar-refractivity contribution in [3.63, 3.8) is 0 Å². The van der Waals surface area contributed by atoms with Gasteiger partial charge in [-0.05, 0) is 12.8 Å². The first-order chi connectivity index (χ1) is 4.79. The summed E-state index contributed by atoms with van der Waals surface area (Å²) in [5.74, 6) is 0. The number of hydrogen-bond acceptors (Lipinski definition) is 4.